The number of benzene rings is 1. The summed E-state index contributed by atoms with van der Waals surface area (Å²) in [6, 6.07) is 6.33. The summed E-state index contributed by atoms with van der Waals surface area (Å²) in [6.07, 6.45) is 0. The fraction of sp³-hybridized carbons (Fsp3) is 0.429. The third-order valence-corrected chi connectivity index (χ3v) is 4.76. The third kappa shape index (κ3) is 4.19. The summed E-state index contributed by atoms with van der Waals surface area (Å²) >= 11 is 3.15. The molecule has 0 unspecified atom stereocenters. The summed E-state index contributed by atoms with van der Waals surface area (Å²) < 4.78 is 10.6. The fourth-order valence-corrected chi connectivity index (χ4v) is 3.42. The average molecular weight is 309 g/mol. The summed E-state index contributed by atoms with van der Waals surface area (Å²) in [4.78, 5) is 4.37. The lowest BCUT2D eigenvalue weighted by molar-refractivity contribution is 0.411. The maximum Gasteiger partial charge on any atom is 0.170 e. The van der Waals surface area contributed by atoms with Crippen molar-refractivity contribution in [1.29, 1.82) is 0 Å². The van der Waals surface area contributed by atoms with Crippen LogP contribution in [0.1, 0.15) is 23.9 Å². The molecule has 0 fully saturated rings. The zero-order valence-electron chi connectivity index (χ0n) is 12.0. The Morgan fingerprint density at radius 2 is 2.25 bits per heavy atom. The Morgan fingerprint density at radius 3 is 2.90 bits per heavy atom. The molecule has 1 N–H and O–H groups in total. The van der Waals surface area contributed by atoms with Crippen LogP contribution in [0.4, 0.5) is 0 Å². The number of hydrogen-bond acceptors (Lipinski definition) is 6. The standard InChI is InChI=1S/C14H19N3OS2/c1-4-15-8-11-5-6-13(18-3)12(7-11)9-19-14-16-10(2)17-20-14/h5-7,15H,4,8-9H2,1-3H3. The van der Waals surface area contributed by atoms with Crippen LogP contribution in [-0.2, 0) is 12.3 Å². The Hall–Kier alpha value is -1.11. The fourth-order valence-electron chi connectivity index (χ4n) is 1.80. The highest BCUT2D eigenvalue weighted by molar-refractivity contribution is 8.00. The number of aromatic nitrogens is 2. The molecule has 108 valence electrons. The van der Waals surface area contributed by atoms with Gasteiger partial charge < -0.3 is 10.1 Å². The first-order valence-electron chi connectivity index (χ1n) is 6.52. The second kappa shape index (κ2) is 7.61. The molecule has 20 heavy (non-hydrogen) atoms. The minimum absolute atomic E-state index is 0.838. The van der Waals surface area contributed by atoms with Gasteiger partial charge in [-0.15, -0.1) is 0 Å². The number of aryl methyl sites for hydroxylation is 1. The molecule has 0 aliphatic rings. The summed E-state index contributed by atoms with van der Waals surface area (Å²) in [5.74, 6) is 2.61. The third-order valence-electron chi connectivity index (χ3n) is 2.78. The van der Waals surface area contributed by atoms with Crippen molar-refractivity contribution in [1.82, 2.24) is 14.7 Å². The lowest BCUT2D eigenvalue weighted by atomic mass is 10.1. The minimum Gasteiger partial charge on any atom is -0.496 e. The molecule has 0 radical (unpaired) electrons. The van der Waals surface area contributed by atoms with Gasteiger partial charge in [-0.1, -0.05) is 24.8 Å². The van der Waals surface area contributed by atoms with Crippen molar-refractivity contribution in [2.75, 3.05) is 13.7 Å². The van der Waals surface area contributed by atoms with E-state index >= 15 is 0 Å². The monoisotopic (exact) mass is 309 g/mol. The molecule has 4 nitrogen and oxygen atoms in total. The Bertz CT molecular complexity index is 557. The van der Waals surface area contributed by atoms with Crippen LogP contribution in [0.5, 0.6) is 5.75 Å². The van der Waals surface area contributed by atoms with E-state index in [1.807, 2.05) is 13.0 Å². The Morgan fingerprint density at radius 1 is 1.40 bits per heavy atom. The second-order valence-corrected chi connectivity index (χ2v) is 6.30. The molecular formula is C14H19N3OS2. The topological polar surface area (TPSA) is 47.0 Å². The van der Waals surface area contributed by atoms with Crippen molar-refractivity contribution in [2.24, 2.45) is 0 Å². The molecule has 1 aromatic carbocycles. The van der Waals surface area contributed by atoms with E-state index < -0.39 is 0 Å². The van der Waals surface area contributed by atoms with Gasteiger partial charge in [0.2, 0.25) is 0 Å². The number of thioether (sulfide) groups is 1. The van der Waals surface area contributed by atoms with Gasteiger partial charge >= 0.3 is 0 Å². The largest absolute Gasteiger partial charge is 0.496 e. The van der Waals surface area contributed by atoms with Crippen LogP contribution in [0.3, 0.4) is 0 Å². The van der Waals surface area contributed by atoms with Crippen molar-refractivity contribution in [3.63, 3.8) is 0 Å². The number of ether oxygens (including phenoxy) is 1. The van der Waals surface area contributed by atoms with Crippen molar-refractivity contribution in [3.8, 4) is 5.75 Å². The molecule has 0 spiro atoms. The van der Waals surface area contributed by atoms with Gasteiger partial charge in [-0.3, -0.25) is 0 Å². The molecule has 0 aliphatic heterocycles. The van der Waals surface area contributed by atoms with E-state index in [1.54, 1.807) is 18.9 Å². The second-order valence-electron chi connectivity index (χ2n) is 4.32. The molecule has 6 heteroatoms. The minimum atomic E-state index is 0.838. The summed E-state index contributed by atoms with van der Waals surface area (Å²) in [5.41, 5.74) is 2.47. The van der Waals surface area contributed by atoms with Crippen molar-refractivity contribution in [2.45, 2.75) is 30.5 Å². The molecular weight excluding hydrogens is 290 g/mol. The van der Waals surface area contributed by atoms with E-state index in [0.29, 0.717) is 0 Å². The van der Waals surface area contributed by atoms with Crippen LogP contribution < -0.4 is 10.1 Å². The smallest absolute Gasteiger partial charge is 0.170 e. The predicted octanol–water partition coefficient (Wildman–Crippen LogP) is 3.26. The number of nitrogens with zero attached hydrogens (tertiary/aromatic N) is 2. The number of nitrogens with one attached hydrogen (secondary N) is 1. The normalized spacial score (nSPS) is 10.8. The summed E-state index contributed by atoms with van der Waals surface area (Å²) in [5, 5.41) is 3.34. The highest BCUT2D eigenvalue weighted by Gasteiger charge is 2.07. The Labute approximate surface area is 128 Å². The number of rotatable bonds is 7. The van der Waals surface area contributed by atoms with E-state index in [-0.39, 0.29) is 0 Å². The Kier molecular flexibility index (Phi) is 5.82. The van der Waals surface area contributed by atoms with Gasteiger partial charge in [0.25, 0.3) is 0 Å². The van der Waals surface area contributed by atoms with E-state index in [1.165, 1.54) is 22.7 Å². The van der Waals surface area contributed by atoms with Crippen LogP contribution >= 0.6 is 23.3 Å². The van der Waals surface area contributed by atoms with Gasteiger partial charge in [0.05, 0.1) is 7.11 Å². The quantitative estimate of drug-likeness (QED) is 0.796. The summed E-state index contributed by atoms with van der Waals surface area (Å²) in [6.45, 7) is 5.88. The maximum atomic E-state index is 5.43. The molecule has 2 aromatic rings. The Balaban J connectivity index is 2.07. The van der Waals surface area contributed by atoms with Crippen LogP contribution in [0.15, 0.2) is 22.5 Å². The van der Waals surface area contributed by atoms with Crippen LogP contribution in [-0.4, -0.2) is 23.0 Å². The zero-order valence-corrected chi connectivity index (χ0v) is 13.6. The first-order valence-corrected chi connectivity index (χ1v) is 8.28. The van der Waals surface area contributed by atoms with Crippen LogP contribution in [0.25, 0.3) is 0 Å². The van der Waals surface area contributed by atoms with Gasteiger partial charge in [-0.05, 0) is 42.7 Å². The molecule has 1 aromatic heterocycles. The van der Waals surface area contributed by atoms with E-state index in [9.17, 15) is 0 Å². The predicted molar refractivity (Wildman–Crippen MR) is 84.6 cm³/mol. The molecule has 0 aliphatic carbocycles. The lowest BCUT2D eigenvalue weighted by Gasteiger charge is -2.10. The highest BCUT2D eigenvalue weighted by atomic mass is 32.2. The van der Waals surface area contributed by atoms with Crippen LogP contribution in [0.2, 0.25) is 0 Å². The van der Waals surface area contributed by atoms with Gasteiger partial charge in [-0.25, -0.2) is 4.98 Å². The molecule has 0 saturated carbocycles. The maximum absolute atomic E-state index is 5.43. The molecule has 0 amide bonds. The molecule has 0 bridgehead atoms. The van der Waals surface area contributed by atoms with Gasteiger partial charge in [-0.2, -0.15) is 4.37 Å². The molecule has 1 heterocycles. The van der Waals surface area contributed by atoms with E-state index in [4.69, 9.17) is 4.74 Å². The van der Waals surface area contributed by atoms with Gasteiger partial charge in [0.15, 0.2) is 4.34 Å². The SMILES string of the molecule is CCNCc1ccc(OC)c(CSc2nc(C)ns2)c1. The summed E-state index contributed by atoms with van der Waals surface area (Å²) in [7, 11) is 1.71. The van der Waals surface area contributed by atoms with Crippen molar-refractivity contribution < 1.29 is 4.74 Å². The van der Waals surface area contributed by atoms with E-state index in [0.717, 1.165) is 34.8 Å². The number of hydrogen-bond donors (Lipinski definition) is 1. The number of methoxy groups -OCH3 is 1. The van der Waals surface area contributed by atoms with Gasteiger partial charge in [0.1, 0.15) is 11.6 Å². The first-order chi connectivity index (χ1) is 9.72. The lowest BCUT2D eigenvalue weighted by Crippen LogP contribution is -2.11. The van der Waals surface area contributed by atoms with E-state index in [2.05, 4.69) is 33.7 Å². The zero-order chi connectivity index (χ0) is 14.4. The molecule has 2 rings (SSSR count). The molecule has 0 saturated heterocycles. The van der Waals surface area contributed by atoms with Crippen molar-refractivity contribution >= 4 is 23.3 Å². The highest BCUT2D eigenvalue weighted by Crippen LogP contribution is 2.29. The first kappa shape index (κ1) is 15.3. The average Bonchev–Trinajstić information content (AvgIpc) is 2.88. The van der Waals surface area contributed by atoms with Gasteiger partial charge in [0, 0.05) is 17.9 Å². The van der Waals surface area contributed by atoms with Crippen molar-refractivity contribution in [3.05, 3.63) is 35.2 Å². The molecule has 0 atom stereocenters. The van der Waals surface area contributed by atoms with Crippen LogP contribution in [0, 0.1) is 6.92 Å².